The summed E-state index contributed by atoms with van der Waals surface area (Å²) in [6.07, 6.45) is 5.14. The van der Waals surface area contributed by atoms with Gasteiger partial charge in [0.25, 0.3) is 0 Å². The highest BCUT2D eigenvalue weighted by molar-refractivity contribution is 5.76. The number of hydrogen-bond donors (Lipinski definition) is 2. The van der Waals surface area contributed by atoms with Crippen molar-refractivity contribution < 1.29 is 14.3 Å². The standard InChI is InChI=1S/C21H34N2O3/c1-4-5-11-26-19-9-8-17(13-20(19)25-3)14-23-21(24)12-16(2)18-7-6-10-22-15-18/h8-9,13,16,18,22H,4-7,10-12,14-15H2,1-3H3,(H,23,24). The first-order valence-electron chi connectivity index (χ1n) is 9.91. The molecule has 0 aliphatic carbocycles. The molecule has 2 N–H and O–H groups in total. The molecule has 1 amide bonds. The molecule has 0 aromatic heterocycles. The topological polar surface area (TPSA) is 59.6 Å². The summed E-state index contributed by atoms with van der Waals surface area (Å²) < 4.78 is 11.2. The van der Waals surface area contributed by atoms with E-state index in [0.29, 0.717) is 31.4 Å². The van der Waals surface area contributed by atoms with Gasteiger partial charge in [0.1, 0.15) is 0 Å². The van der Waals surface area contributed by atoms with E-state index < -0.39 is 0 Å². The van der Waals surface area contributed by atoms with Crippen molar-refractivity contribution in [3.8, 4) is 11.5 Å². The van der Waals surface area contributed by atoms with E-state index in [-0.39, 0.29) is 5.91 Å². The van der Waals surface area contributed by atoms with E-state index in [1.165, 1.54) is 12.8 Å². The molecule has 1 saturated heterocycles. The van der Waals surface area contributed by atoms with E-state index in [9.17, 15) is 4.79 Å². The molecule has 1 heterocycles. The quantitative estimate of drug-likeness (QED) is 0.625. The first kappa shape index (κ1) is 20.6. The number of carbonyl (C=O) groups excluding carboxylic acids is 1. The Kier molecular flexibility index (Phi) is 8.75. The Hall–Kier alpha value is -1.75. The van der Waals surface area contributed by atoms with Crippen LogP contribution in [0.2, 0.25) is 0 Å². The monoisotopic (exact) mass is 362 g/mol. The summed E-state index contributed by atoms with van der Waals surface area (Å²) in [4.78, 5) is 12.3. The average Bonchev–Trinajstić information content (AvgIpc) is 2.67. The minimum atomic E-state index is 0.116. The van der Waals surface area contributed by atoms with Crippen LogP contribution in [0.15, 0.2) is 18.2 Å². The molecular formula is C21H34N2O3. The van der Waals surface area contributed by atoms with Gasteiger partial charge in [-0.1, -0.05) is 26.3 Å². The van der Waals surface area contributed by atoms with Crippen LogP contribution in [-0.2, 0) is 11.3 Å². The zero-order valence-electron chi connectivity index (χ0n) is 16.5. The van der Waals surface area contributed by atoms with Crippen molar-refractivity contribution >= 4 is 5.91 Å². The Morgan fingerprint density at radius 1 is 1.38 bits per heavy atom. The molecule has 1 aromatic carbocycles. The van der Waals surface area contributed by atoms with Crippen LogP contribution in [0.5, 0.6) is 11.5 Å². The van der Waals surface area contributed by atoms with Gasteiger partial charge in [-0.2, -0.15) is 0 Å². The van der Waals surface area contributed by atoms with Crippen LogP contribution in [0, 0.1) is 11.8 Å². The van der Waals surface area contributed by atoms with E-state index in [2.05, 4.69) is 24.5 Å². The highest BCUT2D eigenvalue weighted by atomic mass is 16.5. The van der Waals surface area contributed by atoms with E-state index in [0.717, 1.165) is 43.0 Å². The number of methoxy groups -OCH3 is 1. The molecule has 26 heavy (non-hydrogen) atoms. The van der Waals surface area contributed by atoms with Gasteiger partial charge in [0.2, 0.25) is 5.91 Å². The van der Waals surface area contributed by atoms with Gasteiger partial charge in [0.15, 0.2) is 11.5 Å². The molecule has 146 valence electrons. The Morgan fingerprint density at radius 2 is 2.23 bits per heavy atom. The second-order valence-electron chi connectivity index (χ2n) is 7.25. The first-order valence-corrected chi connectivity index (χ1v) is 9.91. The summed E-state index contributed by atoms with van der Waals surface area (Å²) in [7, 11) is 1.64. The second kappa shape index (κ2) is 11.1. The highest BCUT2D eigenvalue weighted by Gasteiger charge is 2.21. The Balaban J connectivity index is 1.81. The van der Waals surface area contributed by atoms with E-state index in [4.69, 9.17) is 9.47 Å². The normalized spacial score (nSPS) is 18.2. The smallest absolute Gasteiger partial charge is 0.220 e. The molecule has 2 atom stereocenters. The molecule has 1 aliphatic rings. The fourth-order valence-corrected chi connectivity index (χ4v) is 3.36. The number of piperidine rings is 1. The number of nitrogens with one attached hydrogen (secondary N) is 2. The third-order valence-electron chi connectivity index (χ3n) is 5.12. The van der Waals surface area contributed by atoms with Gasteiger partial charge in [0.05, 0.1) is 13.7 Å². The van der Waals surface area contributed by atoms with Gasteiger partial charge >= 0.3 is 0 Å². The van der Waals surface area contributed by atoms with Gasteiger partial charge < -0.3 is 20.1 Å². The van der Waals surface area contributed by atoms with Crippen LogP contribution in [0.4, 0.5) is 0 Å². The van der Waals surface area contributed by atoms with E-state index in [1.807, 2.05) is 18.2 Å². The predicted octanol–water partition coefficient (Wildman–Crippen LogP) is 3.52. The maximum Gasteiger partial charge on any atom is 0.220 e. The summed E-state index contributed by atoms with van der Waals surface area (Å²) in [5.41, 5.74) is 1.02. The zero-order chi connectivity index (χ0) is 18.8. The Bertz CT molecular complexity index is 556. The molecule has 1 aromatic rings. The van der Waals surface area contributed by atoms with E-state index in [1.54, 1.807) is 7.11 Å². The number of ether oxygens (including phenoxy) is 2. The number of carbonyl (C=O) groups is 1. The van der Waals surface area contributed by atoms with E-state index >= 15 is 0 Å². The lowest BCUT2D eigenvalue weighted by molar-refractivity contribution is -0.122. The summed E-state index contributed by atoms with van der Waals surface area (Å²) in [5, 5.41) is 6.46. The van der Waals surface area contributed by atoms with Crippen molar-refractivity contribution in [2.75, 3.05) is 26.8 Å². The maximum atomic E-state index is 12.3. The zero-order valence-corrected chi connectivity index (χ0v) is 16.5. The Labute approximate surface area is 157 Å². The second-order valence-corrected chi connectivity index (χ2v) is 7.25. The molecule has 5 heteroatoms. The SMILES string of the molecule is CCCCOc1ccc(CNC(=O)CC(C)C2CCCNC2)cc1OC. The molecule has 1 aliphatic heterocycles. The lowest BCUT2D eigenvalue weighted by Gasteiger charge is -2.28. The molecule has 1 fully saturated rings. The molecular weight excluding hydrogens is 328 g/mol. The fourth-order valence-electron chi connectivity index (χ4n) is 3.36. The third kappa shape index (κ3) is 6.52. The largest absolute Gasteiger partial charge is 0.493 e. The molecule has 5 nitrogen and oxygen atoms in total. The summed E-state index contributed by atoms with van der Waals surface area (Å²) in [6, 6.07) is 5.85. The number of unbranched alkanes of at least 4 members (excludes halogenated alkanes) is 1. The van der Waals surface area contributed by atoms with Gasteiger partial charge in [-0.05, 0) is 61.9 Å². The average molecular weight is 363 g/mol. The lowest BCUT2D eigenvalue weighted by atomic mass is 9.85. The van der Waals surface area contributed by atoms with Crippen molar-refractivity contribution in [3.63, 3.8) is 0 Å². The maximum absolute atomic E-state index is 12.3. The van der Waals surface area contributed by atoms with Crippen molar-refractivity contribution in [2.24, 2.45) is 11.8 Å². The van der Waals surface area contributed by atoms with Crippen molar-refractivity contribution in [2.45, 2.75) is 52.5 Å². The van der Waals surface area contributed by atoms with Crippen molar-refractivity contribution in [1.82, 2.24) is 10.6 Å². The number of rotatable bonds is 10. The Morgan fingerprint density at radius 3 is 2.92 bits per heavy atom. The minimum absolute atomic E-state index is 0.116. The van der Waals surface area contributed by atoms with Crippen LogP contribution >= 0.6 is 0 Å². The predicted molar refractivity (Wildman–Crippen MR) is 105 cm³/mol. The molecule has 2 rings (SSSR count). The minimum Gasteiger partial charge on any atom is -0.493 e. The number of benzene rings is 1. The van der Waals surface area contributed by atoms with Crippen molar-refractivity contribution in [3.05, 3.63) is 23.8 Å². The highest BCUT2D eigenvalue weighted by Crippen LogP contribution is 2.28. The third-order valence-corrected chi connectivity index (χ3v) is 5.12. The summed E-state index contributed by atoms with van der Waals surface area (Å²) >= 11 is 0. The molecule has 0 radical (unpaired) electrons. The van der Waals surface area contributed by atoms with Crippen LogP contribution in [0.1, 0.15) is 51.5 Å². The van der Waals surface area contributed by atoms with Gasteiger partial charge in [-0.3, -0.25) is 4.79 Å². The summed E-state index contributed by atoms with van der Waals surface area (Å²) in [5.74, 6) is 2.61. The molecule has 2 unspecified atom stereocenters. The number of amides is 1. The fraction of sp³-hybridized carbons (Fsp3) is 0.667. The number of hydrogen-bond acceptors (Lipinski definition) is 4. The van der Waals surface area contributed by atoms with Gasteiger partial charge in [-0.15, -0.1) is 0 Å². The van der Waals surface area contributed by atoms with Crippen LogP contribution in [0.25, 0.3) is 0 Å². The molecule has 0 bridgehead atoms. The molecule has 0 spiro atoms. The van der Waals surface area contributed by atoms with Gasteiger partial charge in [0, 0.05) is 13.0 Å². The first-order chi connectivity index (χ1) is 12.6. The summed E-state index contributed by atoms with van der Waals surface area (Å²) in [6.45, 7) is 7.66. The van der Waals surface area contributed by atoms with Crippen LogP contribution < -0.4 is 20.1 Å². The van der Waals surface area contributed by atoms with Crippen molar-refractivity contribution in [1.29, 1.82) is 0 Å². The van der Waals surface area contributed by atoms with Crippen LogP contribution in [-0.4, -0.2) is 32.7 Å². The lowest BCUT2D eigenvalue weighted by Crippen LogP contribution is -2.35. The molecule has 0 saturated carbocycles. The van der Waals surface area contributed by atoms with Crippen LogP contribution in [0.3, 0.4) is 0 Å². The van der Waals surface area contributed by atoms with Gasteiger partial charge in [-0.25, -0.2) is 0 Å².